The third kappa shape index (κ3) is 2.99. The molecule has 0 saturated carbocycles. The van der Waals surface area contributed by atoms with Crippen LogP contribution < -0.4 is 10.6 Å². The number of nitrogens with zero attached hydrogens (tertiary/aromatic N) is 2. The number of benzene rings is 1. The van der Waals surface area contributed by atoms with E-state index in [0.29, 0.717) is 30.4 Å². The van der Waals surface area contributed by atoms with Gasteiger partial charge in [0.15, 0.2) is 0 Å². The molecule has 0 unspecified atom stereocenters. The Balaban J connectivity index is 2.00. The van der Waals surface area contributed by atoms with Crippen LogP contribution in [0.5, 0.6) is 0 Å². The van der Waals surface area contributed by atoms with E-state index in [1.807, 2.05) is 0 Å². The zero-order valence-electron chi connectivity index (χ0n) is 10.3. The number of amides is 2. The quantitative estimate of drug-likeness (QED) is 0.784. The van der Waals surface area contributed by atoms with Gasteiger partial charge in [0, 0.05) is 31.4 Å². The standard InChI is InChI=1S/C13H16N4O/c1-10-9-17(6-5-15-10)13(18)16-12-4-2-3-11(7-12)8-14/h2-4,7,10,15H,5-6,9H2,1H3,(H,16,18)/t10-/m1/s1. The Bertz CT molecular complexity index is 480. The van der Waals surface area contributed by atoms with Crippen molar-refractivity contribution in [3.05, 3.63) is 29.8 Å². The summed E-state index contributed by atoms with van der Waals surface area (Å²) >= 11 is 0. The molecule has 5 heteroatoms. The summed E-state index contributed by atoms with van der Waals surface area (Å²) in [5.41, 5.74) is 1.20. The minimum absolute atomic E-state index is 0.113. The van der Waals surface area contributed by atoms with Gasteiger partial charge in [0.25, 0.3) is 0 Å². The molecule has 5 nitrogen and oxygen atoms in total. The number of urea groups is 1. The van der Waals surface area contributed by atoms with E-state index in [1.165, 1.54) is 0 Å². The smallest absolute Gasteiger partial charge is 0.321 e. The Morgan fingerprint density at radius 1 is 1.61 bits per heavy atom. The van der Waals surface area contributed by atoms with Gasteiger partial charge in [-0.15, -0.1) is 0 Å². The van der Waals surface area contributed by atoms with Crippen LogP contribution in [0, 0.1) is 11.3 Å². The van der Waals surface area contributed by atoms with E-state index in [1.54, 1.807) is 29.2 Å². The van der Waals surface area contributed by atoms with Crippen LogP contribution in [0.4, 0.5) is 10.5 Å². The van der Waals surface area contributed by atoms with Crippen LogP contribution in [0.15, 0.2) is 24.3 Å². The number of anilines is 1. The van der Waals surface area contributed by atoms with Gasteiger partial charge in [0.1, 0.15) is 0 Å². The highest BCUT2D eigenvalue weighted by atomic mass is 16.2. The van der Waals surface area contributed by atoms with Gasteiger partial charge in [-0.1, -0.05) is 6.07 Å². The molecule has 1 aliphatic heterocycles. The Morgan fingerprint density at radius 3 is 3.17 bits per heavy atom. The first-order chi connectivity index (χ1) is 8.69. The van der Waals surface area contributed by atoms with Crippen molar-refractivity contribution in [2.24, 2.45) is 0 Å². The van der Waals surface area contributed by atoms with Crippen LogP contribution in [-0.2, 0) is 0 Å². The van der Waals surface area contributed by atoms with Gasteiger partial charge in [0.2, 0.25) is 0 Å². The van der Waals surface area contributed by atoms with E-state index in [4.69, 9.17) is 5.26 Å². The number of piperazine rings is 1. The van der Waals surface area contributed by atoms with Crippen molar-refractivity contribution >= 4 is 11.7 Å². The zero-order valence-corrected chi connectivity index (χ0v) is 10.3. The summed E-state index contributed by atoms with van der Waals surface area (Å²) in [6.07, 6.45) is 0. The Morgan fingerprint density at radius 2 is 2.44 bits per heavy atom. The summed E-state index contributed by atoms with van der Waals surface area (Å²) in [6, 6.07) is 9.18. The largest absolute Gasteiger partial charge is 0.322 e. The molecule has 18 heavy (non-hydrogen) atoms. The van der Waals surface area contributed by atoms with E-state index < -0.39 is 0 Å². The van der Waals surface area contributed by atoms with Crippen LogP contribution in [0.3, 0.4) is 0 Å². The first kappa shape index (κ1) is 12.4. The number of nitrogens with one attached hydrogen (secondary N) is 2. The number of rotatable bonds is 1. The normalized spacial score (nSPS) is 19.1. The van der Waals surface area contributed by atoms with Crippen molar-refractivity contribution in [1.82, 2.24) is 10.2 Å². The fourth-order valence-electron chi connectivity index (χ4n) is 1.99. The van der Waals surface area contributed by atoms with Gasteiger partial charge < -0.3 is 15.5 Å². The SMILES string of the molecule is C[C@@H]1CN(C(=O)Nc2cccc(C#N)c2)CCN1. The van der Waals surface area contributed by atoms with Crippen molar-refractivity contribution in [1.29, 1.82) is 5.26 Å². The third-order valence-corrected chi connectivity index (χ3v) is 2.90. The molecule has 0 aliphatic carbocycles. The topological polar surface area (TPSA) is 68.2 Å². The van der Waals surface area contributed by atoms with Crippen molar-refractivity contribution in [2.45, 2.75) is 13.0 Å². The van der Waals surface area contributed by atoms with Crippen molar-refractivity contribution in [3.8, 4) is 6.07 Å². The van der Waals surface area contributed by atoms with Gasteiger partial charge in [-0.25, -0.2) is 4.79 Å². The summed E-state index contributed by atoms with van der Waals surface area (Å²) in [7, 11) is 0. The van der Waals surface area contributed by atoms with Gasteiger partial charge in [0.05, 0.1) is 11.6 Å². The van der Waals surface area contributed by atoms with Crippen molar-refractivity contribution in [3.63, 3.8) is 0 Å². The molecular weight excluding hydrogens is 228 g/mol. The van der Waals surface area contributed by atoms with Crippen molar-refractivity contribution < 1.29 is 4.79 Å². The molecule has 0 spiro atoms. The monoisotopic (exact) mass is 244 g/mol. The number of hydrogen-bond donors (Lipinski definition) is 2. The summed E-state index contributed by atoms with van der Waals surface area (Å²) in [6.45, 7) is 4.26. The second-order valence-electron chi connectivity index (χ2n) is 4.42. The summed E-state index contributed by atoms with van der Waals surface area (Å²) in [5, 5.41) is 14.9. The summed E-state index contributed by atoms with van der Waals surface area (Å²) < 4.78 is 0. The fourth-order valence-corrected chi connectivity index (χ4v) is 1.99. The van der Waals surface area contributed by atoms with Crippen molar-refractivity contribution in [2.75, 3.05) is 25.0 Å². The van der Waals surface area contributed by atoms with Crippen LogP contribution >= 0.6 is 0 Å². The highest BCUT2D eigenvalue weighted by Gasteiger charge is 2.20. The number of carbonyl (C=O) groups excluding carboxylic acids is 1. The molecule has 94 valence electrons. The maximum Gasteiger partial charge on any atom is 0.321 e. The summed E-state index contributed by atoms with van der Waals surface area (Å²) in [5.74, 6) is 0. The Hall–Kier alpha value is -2.06. The minimum atomic E-state index is -0.113. The lowest BCUT2D eigenvalue weighted by Gasteiger charge is -2.31. The van der Waals surface area contributed by atoms with E-state index in [2.05, 4.69) is 23.6 Å². The van der Waals surface area contributed by atoms with E-state index >= 15 is 0 Å². The molecule has 2 amide bonds. The molecule has 1 aromatic carbocycles. The van der Waals surface area contributed by atoms with Gasteiger partial charge in [-0.05, 0) is 25.1 Å². The molecule has 1 fully saturated rings. The molecule has 1 atom stereocenters. The second kappa shape index (κ2) is 5.52. The highest BCUT2D eigenvalue weighted by Crippen LogP contribution is 2.11. The maximum atomic E-state index is 12.0. The molecule has 0 aromatic heterocycles. The molecule has 1 saturated heterocycles. The average molecular weight is 244 g/mol. The average Bonchev–Trinajstić information content (AvgIpc) is 2.39. The molecule has 2 N–H and O–H groups in total. The third-order valence-electron chi connectivity index (χ3n) is 2.90. The predicted molar refractivity (Wildman–Crippen MR) is 69.2 cm³/mol. The number of hydrogen-bond acceptors (Lipinski definition) is 3. The van der Waals surface area contributed by atoms with E-state index in [9.17, 15) is 4.79 Å². The first-order valence-corrected chi connectivity index (χ1v) is 5.98. The van der Waals surface area contributed by atoms with Gasteiger partial charge >= 0.3 is 6.03 Å². The van der Waals surface area contributed by atoms with Gasteiger partial charge in [-0.2, -0.15) is 5.26 Å². The number of nitriles is 1. The van der Waals surface area contributed by atoms with Crippen LogP contribution in [0.2, 0.25) is 0 Å². The van der Waals surface area contributed by atoms with E-state index in [-0.39, 0.29) is 6.03 Å². The molecular formula is C13H16N4O. The molecule has 0 bridgehead atoms. The fraction of sp³-hybridized carbons (Fsp3) is 0.385. The minimum Gasteiger partial charge on any atom is -0.322 e. The van der Waals surface area contributed by atoms with Crippen LogP contribution in [0.25, 0.3) is 0 Å². The molecule has 1 aromatic rings. The lowest BCUT2D eigenvalue weighted by molar-refractivity contribution is 0.192. The predicted octanol–water partition coefficient (Wildman–Crippen LogP) is 1.38. The second-order valence-corrected chi connectivity index (χ2v) is 4.42. The highest BCUT2D eigenvalue weighted by molar-refractivity contribution is 5.89. The number of carbonyl (C=O) groups is 1. The molecule has 2 rings (SSSR count). The van der Waals surface area contributed by atoms with E-state index in [0.717, 1.165) is 6.54 Å². The molecule has 1 heterocycles. The zero-order chi connectivity index (χ0) is 13.0. The van der Waals surface area contributed by atoms with Crippen LogP contribution in [0.1, 0.15) is 12.5 Å². The first-order valence-electron chi connectivity index (χ1n) is 5.98. The molecule has 0 radical (unpaired) electrons. The Labute approximate surface area is 106 Å². The summed E-state index contributed by atoms with van der Waals surface area (Å²) in [4.78, 5) is 13.8. The van der Waals surface area contributed by atoms with Gasteiger partial charge in [-0.3, -0.25) is 0 Å². The lowest BCUT2D eigenvalue weighted by Crippen LogP contribution is -2.52. The molecule has 1 aliphatic rings. The van der Waals surface area contributed by atoms with Crippen LogP contribution in [-0.4, -0.2) is 36.6 Å². The lowest BCUT2D eigenvalue weighted by atomic mass is 10.2. The maximum absolute atomic E-state index is 12.0. The Kier molecular flexibility index (Phi) is 3.80.